The van der Waals surface area contributed by atoms with Crippen molar-refractivity contribution in [2.24, 2.45) is 5.73 Å². The number of rotatable bonds is 8. The number of hydrogen-bond donors (Lipinski definition) is 1. The first-order valence-corrected chi connectivity index (χ1v) is 9.65. The fourth-order valence-corrected chi connectivity index (χ4v) is 3.61. The van der Waals surface area contributed by atoms with Crippen LogP contribution in [0.25, 0.3) is 10.9 Å². The maximum absolute atomic E-state index is 12.8. The summed E-state index contributed by atoms with van der Waals surface area (Å²) in [4.78, 5) is 36.5. The maximum atomic E-state index is 12.8. The minimum atomic E-state index is -1.04. The van der Waals surface area contributed by atoms with Crippen LogP contribution in [0.2, 0.25) is 0 Å². The number of esters is 1. The van der Waals surface area contributed by atoms with E-state index >= 15 is 0 Å². The van der Waals surface area contributed by atoms with E-state index in [1.54, 1.807) is 19.1 Å². The van der Waals surface area contributed by atoms with Gasteiger partial charge in [-0.25, -0.2) is 4.79 Å². The Morgan fingerprint density at radius 3 is 2.37 bits per heavy atom. The zero-order valence-electron chi connectivity index (χ0n) is 17.2. The van der Waals surface area contributed by atoms with Crippen molar-refractivity contribution in [2.45, 2.75) is 32.9 Å². The molecule has 0 saturated heterocycles. The van der Waals surface area contributed by atoms with E-state index in [0.717, 1.165) is 11.1 Å². The molecule has 0 fully saturated rings. The fourth-order valence-electron chi connectivity index (χ4n) is 3.61. The van der Waals surface area contributed by atoms with Crippen molar-refractivity contribution in [1.82, 2.24) is 4.57 Å². The van der Waals surface area contributed by atoms with Crippen molar-refractivity contribution in [1.29, 1.82) is 0 Å². The second kappa shape index (κ2) is 8.82. The van der Waals surface area contributed by atoms with Gasteiger partial charge in [-0.2, -0.15) is 0 Å². The Morgan fingerprint density at radius 2 is 1.77 bits per heavy atom. The minimum absolute atomic E-state index is 0.212. The summed E-state index contributed by atoms with van der Waals surface area (Å²) in [6.45, 7) is 3.97. The Kier molecular flexibility index (Phi) is 6.20. The van der Waals surface area contributed by atoms with E-state index in [1.807, 2.05) is 47.9 Å². The number of aromatic nitrogens is 1. The normalized spacial score (nSPS) is 11.8. The summed E-state index contributed by atoms with van der Waals surface area (Å²) in [5, 5.41) is 0.463. The van der Waals surface area contributed by atoms with Crippen LogP contribution in [0.15, 0.2) is 48.5 Å². The highest BCUT2D eigenvalue weighted by Crippen LogP contribution is 2.35. The molecule has 2 N–H and O–H groups in total. The molecule has 3 rings (SSSR count). The molecule has 30 heavy (non-hydrogen) atoms. The molecule has 156 valence electrons. The predicted octanol–water partition coefficient (Wildman–Crippen LogP) is 2.86. The Morgan fingerprint density at radius 1 is 1.07 bits per heavy atom. The van der Waals surface area contributed by atoms with Gasteiger partial charge < -0.3 is 19.8 Å². The van der Waals surface area contributed by atoms with Gasteiger partial charge in [-0.1, -0.05) is 43.3 Å². The van der Waals surface area contributed by atoms with Crippen molar-refractivity contribution in [2.75, 3.05) is 7.11 Å². The zero-order chi connectivity index (χ0) is 21.8. The maximum Gasteiger partial charge on any atom is 0.346 e. The zero-order valence-corrected chi connectivity index (χ0v) is 17.2. The lowest BCUT2D eigenvalue weighted by atomic mass is 10.0. The molecule has 0 unspecified atom stereocenters. The van der Waals surface area contributed by atoms with E-state index in [1.165, 1.54) is 7.11 Å². The van der Waals surface area contributed by atoms with E-state index in [0.29, 0.717) is 29.8 Å². The van der Waals surface area contributed by atoms with Crippen LogP contribution in [0.3, 0.4) is 0 Å². The molecule has 0 aliphatic heterocycles. The summed E-state index contributed by atoms with van der Waals surface area (Å²) >= 11 is 0. The molecule has 1 heterocycles. The first-order chi connectivity index (χ1) is 14.4. The third-order valence-electron chi connectivity index (χ3n) is 4.97. The number of nitrogens with zero attached hydrogens (tertiary/aromatic N) is 1. The van der Waals surface area contributed by atoms with Gasteiger partial charge in [-0.3, -0.25) is 9.59 Å². The van der Waals surface area contributed by atoms with Crippen LogP contribution < -0.4 is 10.5 Å². The molecule has 7 nitrogen and oxygen atoms in total. The third kappa shape index (κ3) is 3.91. The summed E-state index contributed by atoms with van der Waals surface area (Å²) in [6, 6.07) is 15.1. The second-order valence-corrected chi connectivity index (χ2v) is 6.87. The van der Waals surface area contributed by atoms with Gasteiger partial charge in [0, 0.05) is 12.2 Å². The lowest BCUT2D eigenvalue weighted by molar-refractivity contribution is -0.147. The molecule has 0 bridgehead atoms. The quantitative estimate of drug-likeness (QED) is 0.351. The van der Waals surface area contributed by atoms with E-state index in [4.69, 9.17) is 15.2 Å². The molecule has 0 radical (unpaired) electrons. The third-order valence-corrected chi connectivity index (χ3v) is 4.97. The van der Waals surface area contributed by atoms with Crippen LogP contribution in [0.4, 0.5) is 0 Å². The Bertz CT molecular complexity index is 1100. The number of nitrogens with two attached hydrogens (primary N) is 1. The highest BCUT2D eigenvalue weighted by molar-refractivity contribution is 6.45. The first-order valence-electron chi connectivity index (χ1n) is 9.65. The molecule has 0 aliphatic carbocycles. The number of fused-ring (bicyclic) bond motifs is 1. The highest BCUT2D eigenvalue weighted by Gasteiger charge is 2.28. The number of hydrogen-bond acceptors (Lipinski definition) is 5. The van der Waals surface area contributed by atoms with E-state index < -0.39 is 23.8 Å². The Labute approximate surface area is 174 Å². The van der Waals surface area contributed by atoms with Crippen molar-refractivity contribution < 1.29 is 23.9 Å². The SMILES string of the molecule is CCc1c(C(=O)C(N)=O)c2c(O[C@H](C)C(=O)OC)cccc2n1Cc1ccccc1. The van der Waals surface area contributed by atoms with Gasteiger partial charge in [0.25, 0.3) is 11.7 Å². The number of benzene rings is 2. The summed E-state index contributed by atoms with van der Waals surface area (Å²) in [6.07, 6.45) is -0.387. The van der Waals surface area contributed by atoms with Crippen molar-refractivity contribution in [3.63, 3.8) is 0 Å². The summed E-state index contributed by atoms with van der Waals surface area (Å²) < 4.78 is 12.5. The van der Waals surface area contributed by atoms with E-state index in [-0.39, 0.29) is 5.56 Å². The van der Waals surface area contributed by atoms with Gasteiger partial charge in [0.05, 0.1) is 23.6 Å². The number of methoxy groups -OCH3 is 1. The van der Waals surface area contributed by atoms with Gasteiger partial charge in [0.15, 0.2) is 6.10 Å². The van der Waals surface area contributed by atoms with Crippen molar-refractivity contribution >= 4 is 28.6 Å². The molecule has 1 aromatic heterocycles. The Hall–Kier alpha value is -3.61. The molecule has 0 spiro atoms. The van der Waals surface area contributed by atoms with E-state index in [9.17, 15) is 14.4 Å². The Balaban J connectivity index is 2.26. The van der Waals surface area contributed by atoms with Crippen LogP contribution in [0.5, 0.6) is 5.75 Å². The minimum Gasteiger partial charge on any atom is -0.478 e. The molecule has 3 aromatic rings. The molecule has 0 aliphatic rings. The molecule has 7 heteroatoms. The van der Waals surface area contributed by atoms with Crippen LogP contribution >= 0.6 is 0 Å². The van der Waals surface area contributed by atoms with Gasteiger partial charge in [0.2, 0.25) is 0 Å². The summed E-state index contributed by atoms with van der Waals surface area (Å²) in [7, 11) is 1.27. The van der Waals surface area contributed by atoms with Crippen molar-refractivity contribution in [3.8, 4) is 5.75 Å². The van der Waals surface area contributed by atoms with Gasteiger partial charge in [-0.05, 0) is 31.0 Å². The molecule has 2 aromatic carbocycles. The first kappa shape index (κ1) is 21.1. The molecular weight excluding hydrogens is 384 g/mol. The number of carbonyl (C=O) groups excluding carboxylic acids is 3. The average molecular weight is 408 g/mol. The topological polar surface area (TPSA) is 101 Å². The number of ketones is 1. The average Bonchev–Trinajstić information content (AvgIpc) is 3.07. The molecule has 1 atom stereocenters. The predicted molar refractivity (Wildman–Crippen MR) is 112 cm³/mol. The lowest BCUT2D eigenvalue weighted by Gasteiger charge is -2.14. The molecule has 1 amide bonds. The number of ether oxygens (including phenoxy) is 2. The highest BCUT2D eigenvalue weighted by atomic mass is 16.6. The number of Topliss-reactive ketones (excluding diaryl/α,β-unsaturated/α-hetero) is 1. The lowest BCUT2D eigenvalue weighted by Crippen LogP contribution is -2.26. The standard InChI is InChI=1S/C23H24N2O5/c1-4-16-20(21(26)22(24)27)19-17(25(16)13-15-9-6-5-7-10-15)11-8-12-18(19)30-14(2)23(28)29-3/h5-12,14H,4,13H2,1-3H3,(H2,24,27)/t14-/m1/s1. The van der Waals surface area contributed by atoms with Gasteiger partial charge in [-0.15, -0.1) is 0 Å². The second-order valence-electron chi connectivity index (χ2n) is 6.87. The largest absolute Gasteiger partial charge is 0.478 e. The van der Waals surface area contributed by atoms with Gasteiger partial charge >= 0.3 is 5.97 Å². The van der Waals surface area contributed by atoms with E-state index in [2.05, 4.69) is 0 Å². The fraction of sp³-hybridized carbons (Fsp3) is 0.261. The molecule has 0 saturated carbocycles. The van der Waals surface area contributed by atoms with Gasteiger partial charge in [0.1, 0.15) is 5.75 Å². The van der Waals surface area contributed by atoms with Crippen LogP contribution in [0, 0.1) is 0 Å². The summed E-state index contributed by atoms with van der Waals surface area (Å²) in [5.74, 6) is -2.06. The van der Waals surface area contributed by atoms with Crippen LogP contribution in [0.1, 0.15) is 35.5 Å². The number of primary amides is 1. The summed E-state index contributed by atoms with van der Waals surface area (Å²) in [5.41, 5.74) is 8.00. The monoisotopic (exact) mass is 408 g/mol. The van der Waals surface area contributed by atoms with Crippen LogP contribution in [-0.2, 0) is 27.3 Å². The number of carbonyl (C=O) groups is 3. The van der Waals surface area contributed by atoms with Crippen molar-refractivity contribution in [3.05, 3.63) is 65.4 Å². The van der Waals surface area contributed by atoms with Crippen LogP contribution in [-0.4, -0.2) is 35.4 Å². The molecular formula is C23H24N2O5. The number of amides is 1. The smallest absolute Gasteiger partial charge is 0.346 e.